The van der Waals surface area contributed by atoms with Gasteiger partial charge in [0.25, 0.3) is 5.56 Å². The first-order valence-corrected chi connectivity index (χ1v) is 11.5. The number of thiazole rings is 1. The summed E-state index contributed by atoms with van der Waals surface area (Å²) in [5.74, 6) is 2.61. The van der Waals surface area contributed by atoms with Gasteiger partial charge < -0.3 is 14.2 Å². The van der Waals surface area contributed by atoms with Crippen LogP contribution in [0.15, 0.2) is 23.0 Å². The second-order valence-electron chi connectivity index (χ2n) is 8.75. The van der Waals surface area contributed by atoms with E-state index < -0.39 is 0 Å². The number of aromatic nitrogens is 3. The highest BCUT2D eigenvalue weighted by molar-refractivity contribution is 7.18. The van der Waals surface area contributed by atoms with Gasteiger partial charge in [-0.05, 0) is 31.9 Å². The smallest absolute Gasteiger partial charge is 0.281 e. The maximum Gasteiger partial charge on any atom is 0.281 e. The van der Waals surface area contributed by atoms with Crippen molar-refractivity contribution in [3.05, 3.63) is 44.9 Å². The van der Waals surface area contributed by atoms with Gasteiger partial charge in [0.2, 0.25) is 0 Å². The molecule has 0 unspecified atom stereocenters. The molecule has 1 aliphatic carbocycles. The molecule has 2 aliphatic rings. The van der Waals surface area contributed by atoms with E-state index in [1.807, 2.05) is 18.2 Å². The van der Waals surface area contributed by atoms with Gasteiger partial charge in [0.05, 0.1) is 44.4 Å². The molecule has 5 rings (SSSR count). The van der Waals surface area contributed by atoms with Gasteiger partial charge in [-0.2, -0.15) is 0 Å². The highest BCUT2D eigenvalue weighted by atomic mass is 32.1. The molecule has 0 N–H and O–H groups in total. The molecule has 164 valence electrons. The summed E-state index contributed by atoms with van der Waals surface area (Å²) in [5.41, 5.74) is 0.992. The fourth-order valence-corrected chi connectivity index (χ4v) is 5.67. The molecule has 3 aromatic rings. The quantitative estimate of drug-likeness (QED) is 0.578. The molecule has 2 fully saturated rings. The van der Waals surface area contributed by atoms with Crippen LogP contribution in [0.4, 0.5) is 0 Å². The van der Waals surface area contributed by atoms with Gasteiger partial charge in [0, 0.05) is 17.5 Å². The molecule has 0 spiro atoms. The Morgan fingerprint density at radius 3 is 2.61 bits per heavy atom. The molecular weight excluding hydrogens is 414 g/mol. The Hall–Kier alpha value is -2.45. The van der Waals surface area contributed by atoms with E-state index in [-0.39, 0.29) is 11.0 Å². The Balaban J connectivity index is 1.64. The van der Waals surface area contributed by atoms with Gasteiger partial charge in [-0.1, -0.05) is 24.2 Å². The first kappa shape index (κ1) is 20.5. The topological polar surface area (TPSA) is 75.5 Å². The minimum absolute atomic E-state index is 0.0912. The third-order valence-electron chi connectivity index (χ3n) is 6.44. The third kappa shape index (κ3) is 3.51. The van der Waals surface area contributed by atoms with Crippen LogP contribution >= 0.6 is 11.3 Å². The van der Waals surface area contributed by atoms with E-state index in [2.05, 4.69) is 6.92 Å². The first-order valence-electron chi connectivity index (χ1n) is 10.7. The highest BCUT2D eigenvalue weighted by Gasteiger charge is 2.40. The van der Waals surface area contributed by atoms with E-state index in [0.717, 1.165) is 34.1 Å². The lowest BCUT2D eigenvalue weighted by atomic mass is 9.87. The van der Waals surface area contributed by atoms with Crippen LogP contribution in [0.2, 0.25) is 0 Å². The fourth-order valence-electron chi connectivity index (χ4n) is 4.57. The second kappa shape index (κ2) is 7.91. The van der Waals surface area contributed by atoms with Crippen molar-refractivity contribution in [2.75, 3.05) is 27.4 Å². The Kier molecular flexibility index (Phi) is 5.22. The maximum atomic E-state index is 13.7. The molecule has 2 aromatic heterocycles. The summed E-state index contributed by atoms with van der Waals surface area (Å²) < 4.78 is 18.1. The number of rotatable bonds is 6. The Labute approximate surface area is 185 Å². The number of hydrogen-bond acceptors (Lipinski definition) is 7. The Bertz CT molecular complexity index is 1180. The molecule has 7 nitrogen and oxygen atoms in total. The van der Waals surface area contributed by atoms with Crippen LogP contribution in [-0.2, 0) is 16.7 Å². The van der Waals surface area contributed by atoms with Gasteiger partial charge in [-0.15, -0.1) is 0 Å². The van der Waals surface area contributed by atoms with Crippen molar-refractivity contribution in [1.29, 1.82) is 0 Å². The standard InChI is InChI=1S/C23H27N3O4S/c1-23(12-30-13-23)22-25-20-18(24-19(31-20)14-6-4-5-7-14)21(27)26(22)11-15-8-9-16(28-2)10-17(15)29-3/h8-10,14H,4-7,11-13H2,1-3H3. The minimum Gasteiger partial charge on any atom is -0.497 e. The van der Waals surface area contributed by atoms with E-state index >= 15 is 0 Å². The molecule has 1 saturated carbocycles. The zero-order chi connectivity index (χ0) is 21.6. The molecule has 1 aliphatic heterocycles. The van der Waals surface area contributed by atoms with Crippen LogP contribution in [0.1, 0.15) is 54.9 Å². The van der Waals surface area contributed by atoms with Crippen LogP contribution in [-0.4, -0.2) is 42.0 Å². The Morgan fingerprint density at radius 1 is 1.19 bits per heavy atom. The summed E-state index contributed by atoms with van der Waals surface area (Å²) in [7, 11) is 3.25. The lowest BCUT2D eigenvalue weighted by Gasteiger charge is -2.38. The average Bonchev–Trinajstić information content (AvgIpc) is 3.44. The van der Waals surface area contributed by atoms with Crippen molar-refractivity contribution in [1.82, 2.24) is 14.5 Å². The van der Waals surface area contributed by atoms with Gasteiger partial charge >= 0.3 is 0 Å². The van der Waals surface area contributed by atoms with Crippen molar-refractivity contribution < 1.29 is 14.2 Å². The van der Waals surface area contributed by atoms with E-state index in [0.29, 0.717) is 42.7 Å². The fraction of sp³-hybridized carbons (Fsp3) is 0.522. The third-order valence-corrected chi connectivity index (χ3v) is 7.56. The SMILES string of the molecule is COc1ccc(Cn2c(C3(C)COC3)nc3sc(C4CCCC4)nc3c2=O)c(OC)c1. The molecule has 31 heavy (non-hydrogen) atoms. The predicted octanol–water partition coefficient (Wildman–Crippen LogP) is 3.86. The molecule has 0 bridgehead atoms. The molecule has 0 radical (unpaired) electrons. The first-order chi connectivity index (χ1) is 15.0. The summed E-state index contributed by atoms with van der Waals surface area (Å²) in [4.78, 5) is 24.1. The number of benzene rings is 1. The molecular formula is C23H27N3O4S. The minimum atomic E-state index is -0.287. The molecule has 8 heteroatoms. The van der Waals surface area contributed by atoms with Gasteiger partial charge in [-0.25, -0.2) is 9.97 Å². The zero-order valence-corrected chi connectivity index (χ0v) is 19.0. The summed E-state index contributed by atoms with van der Waals surface area (Å²) in [6.07, 6.45) is 4.76. The number of hydrogen-bond donors (Lipinski definition) is 0. The summed E-state index contributed by atoms with van der Waals surface area (Å²) in [6, 6.07) is 5.65. The molecule has 0 amide bonds. The van der Waals surface area contributed by atoms with Gasteiger partial charge in [-0.3, -0.25) is 9.36 Å². The summed E-state index contributed by atoms with van der Waals surface area (Å²) >= 11 is 1.58. The Morgan fingerprint density at radius 2 is 1.97 bits per heavy atom. The number of ether oxygens (including phenoxy) is 3. The van der Waals surface area contributed by atoms with Crippen molar-refractivity contribution in [2.24, 2.45) is 0 Å². The highest BCUT2D eigenvalue weighted by Crippen LogP contribution is 2.38. The average molecular weight is 442 g/mol. The van der Waals surface area contributed by atoms with Crippen LogP contribution in [0, 0.1) is 0 Å². The van der Waals surface area contributed by atoms with Crippen molar-refractivity contribution in [2.45, 2.75) is 50.5 Å². The van der Waals surface area contributed by atoms with E-state index in [9.17, 15) is 4.79 Å². The van der Waals surface area contributed by atoms with Crippen LogP contribution in [0.25, 0.3) is 10.3 Å². The molecule has 3 heterocycles. The predicted molar refractivity (Wildman–Crippen MR) is 120 cm³/mol. The van der Waals surface area contributed by atoms with Crippen LogP contribution in [0.5, 0.6) is 11.5 Å². The zero-order valence-electron chi connectivity index (χ0n) is 18.1. The van der Waals surface area contributed by atoms with E-state index in [1.54, 1.807) is 30.1 Å². The lowest BCUT2D eigenvalue weighted by molar-refractivity contribution is -0.0562. The van der Waals surface area contributed by atoms with Gasteiger partial charge in [0.15, 0.2) is 10.3 Å². The summed E-state index contributed by atoms with van der Waals surface area (Å²) in [5, 5.41) is 1.05. The van der Waals surface area contributed by atoms with Crippen LogP contribution in [0.3, 0.4) is 0 Å². The van der Waals surface area contributed by atoms with Gasteiger partial charge in [0.1, 0.15) is 17.3 Å². The number of methoxy groups -OCH3 is 2. The normalized spacial score (nSPS) is 18.3. The van der Waals surface area contributed by atoms with E-state index in [1.165, 1.54) is 12.8 Å². The maximum absolute atomic E-state index is 13.7. The molecule has 1 saturated heterocycles. The monoisotopic (exact) mass is 441 g/mol. The van der Waals surface area contributed by atoms with E-state index in [4.69, 9.17) is 24.2 Å². The van der Waals surface area contributed by atoms with Crippen LogP contribution < -0.4 is 15.0 Å². The van der Waals surface area contributed by atoms with Crippen molar-refractivity contribution >= 4 is 21.7 Å². The second-order valence-corrected chi connectivity index (χ2v) is 9.75. The number of nitrogens with zero attached hydrogens (tertiary/aromatic N) is 3. The summed E-state index contributed by atoms with van der Waals surface area (Å²) in [6.45, 7) is 3.57. The molecule has 1 aromatic carbocycles. The lowest BCUT2D eigenvalue weighted by Crippen LogP contribution is -2.48. The van der Waals surface area contributed by atoms with Crippen molar-refractivity contribution in [3.63, 3.8) is 0 Å². The molecule has 0 atom stereocenters. The van der Waals surface area contributed by atoms with Crippen molar-refractivity contribution in [3.8, 4) is 11.5 Å². The number of fused-ring (bicyclic) bond motifs is 1. The largest absolute Gasteiger partial charge is 0.497 e.